The van der Waals surface area contributed by atoms with Gasteiger partial charge in [-0.3, -0.25) is 0 Å². The summed E-state index contributed by atoms with van der Waals surface area (Å²) >= 11 is 1.98. The maximum Gasteiger partial charge on any atom is 0.296 e. The number of rotatable bonds is 0. The highest BCUT2D eigenvalue weighted by molar-refractivity contribution is 7.98. The average Bonchev–Trinajstić information content (AvgIpc) is 3.03. The zero-order valence-electron chi connectivity index (χ0n) is 11.7. The highest BCUT2D eigenvalue weighted by atomic mass is 32.2. The van der Waals surface area contributed by atoms with Crippen molar-refractivity contribution in [3.63, 3.8) is 0 Å². The number of hydrogen-bond acceptors (Lipinski definition) is 1. The summed E-state index contributed by atoms with van der Waals surface area (Å²) in [5.74, 6) is 1.09. The van der Waals surface area contributed by atoms with Crippen LogP contribution in [0.4, 0.5) is 0 Å². The third-order valence-corrected chi connectivity index (χ3v) is 6.29. The lowest BCUT2D eigenvalue weighted by atomic mass is 10.0. The van der Waals surface area contributed by atoms with E-state index in [-0.39, 0.29) is 0 Å². The molecule has 21 heavy (non-hydrogen) atoms. The molecular formula is C18H13N2S+. The molecule has 0 saturated heterocycles. The Hall–Kier alpha value is -2.00. The molecule has 0 unspecified atom stereocenters. The lowest BCUT2D eigenvalue weighted by Gasteiger charge is -2.13. The Morgan fingerprint density at radius 3 is 2.76 bits per heavy atom. The molecule has 100 valence electrons. The number of fused-ring (bicyclic) bond motifs is 1. The summed E-state index contributed by atoms with van der Waals surface area (Å²) in [7, 11) is 0. The van der Waals surface area contributed by atoms with Crippen LogP contribution in [-0.2, 0) is 12.3 Å². The molecule has 0 amide bonds. The van der Waals surface area contributed by atoms with Gasteiger partial charge in [-0.05, 0) is 0 Å². The van der Waals surface area contributed by atoms with Gasteiger partial charge in [0.1, 0.15) is 12.1 Å². The van der Waals surface area contributed by atoms with Gasteiger partial charge in [0.25, 0.3) is 5.65 Å². The molecule has 4 aromatic rings. The predicted octanol–water partition coefficient (Wildman–Crippen LogP) is 3.81. The molecule has 2 aromatic carbocycles. The van der Waals surface area contributed by atoms with Gasteiger partial charge < -0.3 is 0 Å². The Balaban J connectivity index is 2.13. The van der Waals surface area contributed by atoms with Crippen molar-refractivity contribution in [2.75, 3.05) is 0 Å². The summed E-state index contributed by atoms with van der Waals surface area (Å²) in [6.45, 7) is 3.29. The van der Waals surface area contributed by atoms with Gasteiger partial charge in [0.15, 0.2) is 5.69 Å². The molecular weight excluding hydrogens is 276 g/mol. The highest BCUT2D eigenvalue weighted by Crippen LogP contribution is 2.41. The zero-order chi connectivity index (χ0) is 13.7. The van der Waals surface area contributed by atoms with Crippen molar-refractivity contribution in [1.29, 1.82) is 0 Å². The molecule has 0 aliphatic carbocycles. The molecule has 2 aromatic heterocycles. The monoisotopic (exact) mass is 289 g/mol. The number of pyridine rings is 1. The van der Waals surface area contributed by atoms with Crippen molar-refractivity contribution in [1.82, 2.24) is 4.57 Å². The maximum absolute atomic E-state index is 2.52. The molecule has 6 rings (SSSR count). The summed E-state index contributed by atoms with van der Waals surface area (Å²) in [6.07, 6.45) is 0. The van der Waals surface area contributed by atoms with Crippen molar-refractivity contribution in [2.24, 2.45) is 0 Å². The summed E-state index contributed by atoms with van der Waals surface area (Å²) in [5.41, 5.74) is 7.17. The summed E-state index contributed by atoms with van der Waals surface area (Å²) < 4.78 is 5.02. The number of aromatic nitrogens is 2. The largest absolute Gasteiger partial charge is 0.296 e. The fourth-order valence-electron chi connectivity index (χ4n) is 4.20. The van der Waals surface area contributed by atoms with Crippen LogP contribution >= 0.6 is 11.8 Å². The van der Waals surface area contributed by atoms with Gasteiger partial charge in [0, 0.05) is 34.6 Å². The smallest absolute Gasteiger partial charge is 0.222 e. The van der Waals surface area contributed by atoms with E-state index in [4.69, 9.17) is 0 Å². The third kappa shape index (κ3) is 1.03. The van der Waals surface area contributed by atoms with Crippen molar-refractivity contribution < 1.29 is 4.40 Å². The summed E-state index contributed by atoms with van der Waals surface area (Å²) in [6, 6.07) is 13.6. The molecule has 4 heterocycles. The quantitative estimate of drug-likeness (QED) is 0.311. The fourth-order valence-corrected chi connectivity index (χ4v) is 5.35. The van der Waals surface area contributed by atoms with E-state index in [0.29, 0.717) is 0 Å². The van der Waals surface area contributed by atoms with Crippen LogP contribution in [-0.4, -0.2) is 4.57 Å². The van der Waals surface area contributed by atoms with E-state index in [1.807, 2.05) is 11.8 Å². The summed E-state index contributed by atoms with van der Waals surface area (Å²) in [5, 5.41) is 5.71. The molecule has 0 N–H and O–H groups in total. The standard InChI is InChI=1S/C18H13N2S/c1-10-18-20-16-12(9-21-18)5-3-7-14(16)13-6-2-4-11-8-19(10)17(20)15(11)13/h2-7H,8-9H2,1H3/q+1. The molecule has 0 radical (unpaired) electrons. The lowest BCUT2D eigenvalue weighted by molar-refractivity contribution is -0.524. The Morgan fingerprint density at radius 2 is 1.86 bits per heavy atom. The second kappa shape index (κ2) is 3.25. The van der Waals surface area contributed by atoms with E-state index in [1.165, 1.54) is 49.2 Å². The van der Waals surface area contributed by atoms with Crippen LogP contribution in [0.5, 0.6) is 0 Å². The van der Waals surface area contributed by atoms with Gasteiger partial charge in [-0.25, -0.2) is 4.57 Å². The van der Waals surface area contributed by atoms with Crippen LogP contribution in [0.3, 0.4) is 0 Å². The first-order valence-corrected chi connectivity index (χ1v) is 8.36. The number of thioether (sulfide) groups is 1. The minimum Gasteiger partial charge on any atom is -0.222 e. The number of para-hydroxylation sites is 1. The second-order valence-corrected chi connectivity index (χ2v) is 7.04. The molecule has 3 heteroatoms. The lowest BCUT2D eigenvalue weighted by Crippen LogP contribution is -2.27. The van der Waals surface area contributed by atoms with E-state index in [1.54, 1.807) is 0 Å². The maximum atomic E-state index is 2.52. The van der Waals surface area contributed by atoms with Crippen LogP contribution in [0.15, 0.2) is 41.4 Å². The number of nitrogens with zero attached hydrogens (tertiary/aromatic N) is 2. The Bertz CT molecular complexity index is 1120. The number of imidazole rings is 1. The van der Waals surface area contributed by atoms with Crippen LogP contribution < -0.4 is 4.40 Å². The predicted molar refractivity (Wildman–Crippen MR) is 86.0 cm³/mol. The minimum atomic E-state index is 1.02. The van der Waals surface area contributed by atoms with Crippen molar-refractivity contribution in [2.45, 2.75) is 24.2 Å². The van der Waals surface area contributed by atoms with E-state index in [0.717, 1.165) is 12.3 Å². The molecule has 2 aliphatic rings. The molecule has 2 aliphatic heterocycles. The SMILES string of the molecule is Cc1c2[n+]3c4c(cccc4c4cccc5c4c3n1C5)CS2. The van der Waals surface area contributed by atoms with Crippen LogP contribution in [0, 0.1) is 6.92 Å². The molecule has 0 spiro atoms. The highest BCUT2D eigenvalue weighted by Gasteiger charge is 2.35. The molecule has 0 fully saturated rings. The topological polar surface area (TPSA) is 9.03 Å². The first-order chi connectivity index (χ1) is 10.3. The zero-order valence-corrected chi connectivity index (χ0v) is 12.5. The van der Waals surface area contributed by atoms with E-state index in [2.05, 4.69) is 52.3 Å². The minimum absolute atomic E-state index is 1.02. The summed E-state index contributed by atoms with van der Waals surface area (Å²) in [4.78, 5) is 0. The molecule has 2 nitrogen and oxygen atoms in total. The van der Waals surface area contributed by atoms with Gasteiger partial charge in [-0.1, -0.05) is 48.2 Å². The van der Waals surface area contributed by atoms with E-state index in [9.17, 15) is 0 Å². The molecule has 0 bridgehead atoms. The third-order valence-electron chi connectivity index (χ3n) is 5.09. The van der Waals surface area contributed by atoms with Crippen molar-refractivity contribution in [3.05, 3.63) is 53.2 Å². The van der Waals surface area contributed by atoms with Gasteiger partial charge in [-0.15, -0.1) is 0 Å². The van der Waals surface area contributed by atoms with Crippen molar-refractivity contribution >= 4 is 39.1 Å². The van der Waals surface area contributed by atoms with Gasteiger partial charge in [0.2, 0.25) is 5.03 Å². The first kappa shape index (κ1) is 10.7. The van der Waals surface area contributed by atoms with E-state index >= 15 is 0 Å². The van der Waals surface area contributed by atoms with Gasteiger partial charge in [-0.2, -0.15) is 4.40 Å². The van der Waals surface area contributed by atoms with Crippen molar-refractivity contribution in [3.8, 4) is 0 Å². The first-order valence-electron chi connectivity index (χ1n) is 7.37. The molecule has 0 atom stereocenters. The average molecular weight is 289 g/mol. The second-order valence-electron chi connectivity index (χ2n) is 6.08. The normalized spacial score (nSPS) is 15.3. The molecule has 0 saturated carbocycles. The van der Waals surface area contributed by atoms with Gasteiger partial charge in [0.05, 0.1) is 5.39 Å². The van der Waals surface area contributed by atoms with Crippen LogP contribution in [0.25, 0.3) is 27.3 Å². The van der Waals surface area contributed by atoms with E-state index < -0.39 is 0 Å². The number of benzene rings is 2. The fraction of sp³-hybridized carbons (Fsp3) is 0.167. The Morgan fingerprint density at radius 1 is 1.05 bits per heavy atom. The van der Waals surface area contributed by atoms with Crippen LogP contribution in [0.2, 0.25) is 0 Å². The Labute approximate surface area is 126 Å². The Kier molecular flexibility index (Phi) is 1.65. The van der Waals surface area contributed by atoms with Crippen LogP contribution in [0.1, 0.15) is 16.8 Å². The van der Waals surface area contributed by atoms with Gasteiger partial charge >= 0.3 is 0 Å². The number of hydrogen-bond donors (Lipinski definition) is 0.